The molecule has 5 rings (SSSR count). The van der Waals surface area contributed by atoms with Crippen molar-refractivity contribution < 1.29 is 9.47 Å². The first-order chi connectivity index (χ1) is 14.2. The predicted octanol–water partition coefficient (Wildman–Crippen LogP) is 2.91. The van der Waals surface area contributed by atoms with Gasteiger partial charge in [0.25, 0.3) is 0 Å². The van der Waals surface area contributed by atoms with Crippen LogP contribution in [0.4, 0.5) is 0 Å². The number of benzene rings is 1. The number of fused-ring (bicyclic) bond motifs is 1. The van der Waals surface area contributed by atoms with Crippen LogP contribution in [-0.2, 0) is 9.47 Å². The van der Waals surface area contributed by atoms with E-state index in [0.29, 0.717) is 5.69 Å². The van der Waals surface area contributed by atoms with E-state index in [0.717, 1.165) is 25.7 Å². The summed E-state index contributed by atoms with van der Waals surface area (Å²) in [7, 11) is 0. The molecular formula is C22H27N3O4. The van der Waals surface area contributed by atoms with Gasteiger partial charge >= 0.3 is 11.4 Å². The van der Waals surface area contributed by atoms with Crippen molar-refractivity contribution in [2.75, 3.05) is 0 Å². The summed E-state index contributed by atoms with van der Waals surface area (Å²) in [5.41, 5.74) is -0.214. The molecule has 0 radical (unpaired) electrons. The van der Waals surface area contributed by atoms with E-state index in [2.05, 4.69) is 5.10 Å². The van der Waals surface area contributed by atoms with Gasteiger partial charge in [-0.3, -0.25) is 0 Å². The van der Waals surface area contributed by atoms with Crippen LogP contribution in [0, 0.1) is 5.92 Å². The van der Waals surface area contributed by atoms with Gasteiger partial charge in [-0.1, -0.05) is 49.6 Å². The number of rotatable bonds is 4. The molecule has 1 N–H and O–H groups in total. The fourth-order valence-electron chi connectivity index (χ4n) is 4.99. The van der Waals surface area contributed by atoms with Crippen LogP contribution in [-0.4, -0.2) is 32.8 Å². The van der Waals surface area contributed by atoms with Gasteiger partial charge < -0.3 is 9.47 Å². The third-order valence-electron chi connectivity index (χ3n) is 6.43. The second kappa shape index (κ2) is 7.80. The Morgan fingerprint density at radius 3 is 2.66 bits per heavy atom. The molecule has 29 heavy (non-hydrogen) atoms. The second-order valence-electron chi connectivity index (χ2n) is 8.29. The van der Waals surface area contributed by atoms with Gasteiger partial charge in [-0.2, -0.15) is 0 Å². The fourth-order valence-corrected chi connectivity index (χ4v) is 4.99. The molecule has 0 bridgehead atoms. The Hall–Kier alpha value is -2.38. The molecule has 0 spiro atoms. The molecule has 1 aromatic carbocycles. The zero-order valence-corrected chi connectivity index (χ0v) is 16.4. The van der Waals surface area contributed by atoms with Gasteiger partial charge in [0, 0.05) is 12.3 Å². The van der Waals surface area contributed by atoms with E-state index in [1.165, 1.54) is 28.5 Å². The minimum absolute atomic E-state index is 0.00840. The molecule has 1 aromatic heterocycles. The van der Waals surface area contributed by atoms with Crippen molar-refractivity contribution >= 4 is 0 Å². The molecule has 2 heterocycles. The maximum Gasteiger partial charge on any atom is 0.352 e. The Labute approximate surface area is 168 Å². The number of nitrogens with zero attached hydrogens (tertiary/aromatic N) is 2. The molecule has 2 aliphatic carbocycles. The average Bonchev–Trinajstić information content (AvgIpc) is 3.29. The van der Waals surface area contributed by atoms with Crippen molar-refractivity contribution in [2.45, 2.75) is 69.5 Å². The van der Waals surface area contributed by atoms with Crippen LogP contribution in [0.25, 0.3) is 5.69 Å². The highest BCUT2D eigenvalue weighted by Gasteiger charge is 2.43. The van der Waals surface area contributed by atoms with Gasteiger partial charge in [-0.05, 0) is 31.4 Å². The van der Waals surface area contributed by atoms with Crippen LogP contribution < -0.4 is 11.4 Å². The van der Waals surface area contributed by atoms with Gasteiger partial charge in [0.05, 0.1) is 23.9 Å². The van der Waals surface area contributed by atoms with Crippen molar-refractivity contribution in [2.24, 2.45) is 5.92 Å². The highest BCUT2D eigenvalue weighted by atomic mass is 16.7. The number of hydrogen-bond donors (Lipinski definition) is 1. The highest BCUT2D eigenvalue weighted by Crippen LogP contribution is 2.41. The third kappa shape index (κ3) is 3.53. The lowest BCUT2D eigenvalue weighted by Crippen LogP contribution is -2.35. The zero-order chi connectivity index (χ0) is 19.8. The first-order valence-electron chi connectivity index (χ1n) is 10.7. The number of H-pyrrole nitrogens is 1. The smallest absolute Gasteiger partial charge is 0.349 e. The number of aromatic amines is 1. The van der Waals surface area contributed by atoms with Crippen LogP contribution in [0.15, 0.2) is 52.1 Å². The first kappa shape index (κ1) is 18.6. The summed E-state index contributed by atoms with van der Waals surface area (Å²) in [6, 6.07) is 8.76. The maximum absolute atomic E-state index is 13.1. The minimum Gasteiger partial charge on any atom is -0.349 e. The van der Waals surface area contributed by atoms with E-state index >= 15 is 0 Å². The Morgan fingerprint density at radius 2 is 1.86 bits per heavy atom. The summed E-state index contributed by atoms with van der Waals surface area (Å²) < 4.78 is 15.1. The van der Waals surface area contributed by atoms with Crippen molar-refractivity contribution in [1.82, 2.24) is 14.3 Å². The van der Waals surface area contributed by atoms with Crippen LogP contribution in [0.1, 0.15) is 51.0 Å². The molecule has 4 atom stereocenters. The average molecular weight is 397 g/mol. The summed E-state index contributed by atoms with van der Waals surface area (Å²) in [5.74, 6) is 0.105. The quantitative estimate of drug-likeness (QED) is 0.805. The summed E-state index contributed by atoms with van der Waals surface area (Å²) >= 11 is 0. The number of aromatic nitrogens is 3. The lowest BCUT2D eigenvalue weighted by atomic mass is 9.86. The van der Waals surface area contributed by atoms with Crippen LogP contribution >= 0.6 is 0 Å². The maximum atomic E-state index is 13.1. The molecule has 1 aliphatic heterocycles. The number of allylic oxidation sites excluding steroid dienone is 1. The van der Waals surface area contributed by atoms with Crippen molar-refractivity contribution in [3.63, 3.8) is 0 Å². The molecule has 7 heteroatoms. The summed E-state index contributed by atoms with van der Waals surface area (Å²) in [6.07, 6.45) is 11.6. The lowest BCUT2D eigenvalue weighted by molar-refractivity contribution is -0.168. The Bertz CT molecular complexity index is 983. The van der Waals surface area contributed by atoms with E-state index in [9.17, 15) is 9.59 Å². The number of nitrogens with one attached hydrogen (secondary N) is 1. The predicted molar refractivity (Wildman–Crippen MR) is 108 cm³/mol. The molecular weight excluding hydrogens is 370 g/mol. The molecule has 1 saturated carbocycles. The number of para-hydroxylation sites is 1. The largest absolute Gasteiger partial charge is 0.352 e. The van der Waals surface area contributed by atoms with E-state index < -0.39 is 5.69 Å². The van der Waals surface area contributed by atoms with Gasteiger partial charge in [-0.15, -0.1) is 0 Å². The van der Waals surface area contributed by atoms with Crippen molar-refractivity contribution in [3.8, 4) is 5.69 Å². The van der Waals surface area contributed by atoms with Gasteiger partial charge in [0.2, 0.25) is 0 Å². The van der Waals surface area contributed by atoms with Gasteiger partial charge in [0.15, 0.2) is 6.29 Å². The summed E-state index contributed by atoms with van der Waals surface area (Å²) in [6.45, 7) is 0. The van der Waals surface area contributed by atoms with Gasteiger partial charge in [0.1, 0.15) is 0 Å². The van der Waals surface area contributed by atoms with E-state index in [1.54, 1.807) is 12.1 Å². The van der Waals surface area contributed by atoms with E-state index in [1.807, 2.05) is 30.4 Å². The van der Waals surface area contributed by atoms with Crippen molar-refractivity contribution in [1.29, 1.82) is 0 Å². The van der Waals surface area contributed by atoms with Crippen LogP contribution in [0.5, 0.6) is 0 Å². The molecule has 7 nitrogen and oxygen atoms in total. The number of hydrogen-bond acceptors (Lipinski definition) is 4. The minimum atomic E-state index is -0.425. The fraction of sp³-hybridized carbons (Fsp3) is 0.545. The van der Waals surface area contributed by atoms with Crippen LogP contribution in [0.2, 0.25) is 0 Å². The highest BCUT2D eigenvalue weighted by molar-refractivity contribution is 5.30. The Balaban J connectivity index is 1.39. The van der Waals surface area contributed by atoms with Crippen LogP contribution in [0.3, 0.4) is 0 Å². The van der Waals surface area contributed by atoms with Gasteiger partial charge in [-0.25, -0.2) is 23.9 Å². The molecule has 1 saturated heterocycles. The van der Waals surface area contributed by atoms with E-state index in [-0.39, 0.29) is 36.1 Å². The molecule has 2 fully saturated rings. The zero-order valence-electron chi connectivity index (χ0n) is 16.4. The second-order valence-corrected chi connectivity index (χ2v) is 8.29. The molecule has 0 amide bonds. The molecule has 2 aromatic rings. The van der Waals surface area contributed by atoms with E-state index in [4.69, 9.17) is 9.47 Å². The third-order valence-corrected chi connectivity index (χ3v) is 6.43. The molecule has 3 aliphatic rings. The Morgan fingerprint density at radius 1 is 1.07 bits per heavy atom. The SMILES string of the molecule is O=c1[nH]n(C2C=CC[C@@H]3OC(OC4CCCCC4)C[C@H]23)c(=O)n1-c1ccccc1. The lowest BCUT2D eigenvalue weighted by Gasteiger charge is -2.27. The standard InChI is InChI=1S/C22H27N3O4/c26-21-23-25(22(27)24(21)15-8-3-1-4-9-15)18-12-7-13-19-17(18)14-20(29-19)28-16-10-5-2-6-11-16/h1,3-4,7-9,12,16-20H,2,5-6,10-11,13-14H2,(H,23,26)/t17-,18?,19+,20?/m1/s1. The normalized spacial score (nSPS) is 29.8. The monoisotopic (exact) mass is 397 g/mol. The number of ether oxygens (including phenoxy) is 2. The summed E-state index contributed by atoms with van der Waals surface area (Å²) in [4.78, 5) is 25.6. The Kier molecular flexibility index (Phi) is 5.01. The molecule has 154 valence electrons. The topological polar surface area (TPSA) is 78.2 Å². The first-order valence-corrected chi connectivity index (χ1v) is 10.7. The van der Waals surface area contributed by atoms with Crippen molar-refractivity contribution in [3.05, 3.63) is 63.5 Å². The summed E-state index contributed by atoms with van der Waals surface area (Å²) in [5, 5.41) is 2.75. The molecule has 2 unspecified atom stereocenters.